The van der Waals surface area contributed by atoms with E-state index in [0.29, 0.717) is 12.1 Å². The molecule has 0 aliphatic carbocycles. The minimum absolute atomic E-state index is 0.256. The van der Waals surface area contributed by atoms with Crippen LogP contribution in [0.5, 0.6) is 0 Å². The van der Waals surface area contributed by atoms with E-state index in [1.165, 1.54) is 12.1 Å². The number of likely N-dealkylation sites (tertiary alicyclic amines) is 1. The number of aromatic nitrogens is 2. The molecule has 1 saturated heterocycles. The third-order valence-electron chi connectivity index (χ3n) is 5.05. The Morgan fingerprint density at radius 3 is 3.00 bits per heavy atom. The molecule has 4 aromatic rings. The number of hydrogen-bond donors (Lipinski definition) is 0. The van der Waals surface area contributed by atoms with Crippen LogP contribution >= 0.6 is 0 Å². The molecule has 0 radical (unpaired) electrons. The zero-order valence-electron chi connectivity index (χ0n) is 14.2. The van der Waals surface area contributed by atoms with Crippen LogP contribution in [0.1, 0.15) is 30.3 Å². The molecule has 1 atom stereocenters. The number of benzene rings is 2. The first-order valence-electron chi connectivity index (χ1n) is 8.88. The first-order valence-corrected chi connectivity index (χ1v) is 8.88. The molecule has 132 valence electrons. The molecule has 0 amide bonds. The zero-order chi connectivity index (χ0) is 17.5. The Morgan fingerprint density at radius 2 is 2.08 bits per heavy atom. The van der Waals surface area contributed by atoms with Crippen LogP contribution < -0.4 is 0 Å². The topological polar surface area (TPSA) is 55.3 Å². The lowest BCUT2D eigenvalue weighted by molar-refractivity contribution is 0.183. The third-order valence-corrected chi connectivity index (χ3v) is 5.05. The average Bonchev–Trinajstić information content (AvgIpc) is 3.26. The Balaban J connectivity index is 1.37. The molecule has 2 aromatic carbocycles. The van der Waals surface area contributed by atoms with Crippen LogP contribution in [0.25, 0.3) is 22.1 Å². The molecule has 1 unspecified atom stereocenters. The van der Waals surface area contributed by atoms with Gasteiger partial charge in [-0.25, -0.2) is 9.37 Å². The Morgan fingerprint density at radius 1 is 1.15 bits per heavy atom. The molecule has 26 heavy (non-hydrogen) atoms. The van der Waals surface area contributed by atoms with Crippen molar-refractivity contribution in [3.05, 3.63) is 59.9 Å². The van der Waals surface area contributed by atoms with Crippen molar-refractivity contribution >= 4 is 22.1 Å². The van der Waals surface area contributed by atoms with Crippen LogP contribution in [-0.4, -0.2) is 28.1 Å². The Hall–Kier alpha value is -2.73. The van der Waals surface area contributed by atoms with Crippen LogP contribution in [-0.2, 0) is 6.54 Å². The van der Waals surface area contributed by atoms with E-state index in [1.807, 2.05) is 24.3 Å². The number of para-hydroxylation sites is 2. The minimum Gasteiger partial charge on any atom is -0.440 e. The second-order valence-electron chi connectivity index (χ2n) is 6.86. The normalized spacial score (nSPS) is 18.7. The fourth-order valence-electron chi connectivity index (χ4n) is 3.75. The summed E-state index contributed by atoms with van der Waals surface area (Å²) in [6, 6.07) is 12.3. The molecule has 2 aromatic heterocycles. The quantitative estimate of drug-likeness (QED) is 0.544. The molecule has 1 fully saturated rings. The van der Waals surface area contributed by atoms with E-state index in [0.717, 1.165) is 54.0 Å². The van der Waals surface area contributed by atoms with E-state index in [4.69, 9.17) is 8.94 Å². The molecule has 0 N–H and O–H groups in total. The molecule has 6 heteroatoms. The minimum atomic E-state index is -0.273. The first kappa shape index (κ1) is 15.5. The highest BCUT2D eigenvalue weighted by Gasteiger charge is 2.26. The predicted molar refractivity (Wildman–Crippen MR) is 95.2 cm³/mol. The van der Waals surface area contributed by atoms with Crippen molar-refractivity contribution in [3.63, 3.8) is 0 Å². The number of piperidine rings is 1. The van der Waals surface area contributed by atoms with Gasteiger partial charge in [0.25, 0.3) is 0 Å². The van der Waals surface area contributed by atoms with Gasteiger partial charge in [-0.3, -0.25) is 4.90 Å². The van der Waals surface area contributed by atoms with E-state index < -0.39 is 0 Å². The van der Waals surface area contributed by atoms with Crippen LogP contribution in [0.3, 0.4) is 0 Å². The SMILES string of the molecule is Fc1ccc2onc(CN3CCCC(c4nc5ccccc5o4)C3)c2c1. The van der Waals surface area contributed by atoms with Gasteiger partial charge in [0.15, 0.2) is 17.1 Å². The van der Waals surface area contributed by atoms with Gasteiger partial charge in [0.2, 0.25) is 0 Å². The van der Waals surface area contributed by atoms with Crippen molar-refractivity contribution < 1.29 is 13.3 Å². The Kier molecular flexibility index (Phi) is 3.71. The summed E-state index contributed by atoms with van der Waals surface area (Å²) in [5.41, 5.74) is 3.13. The molecular formula is C20H18FN3O2. The fraction of sp³-hybridized carbons (Fsp3) is 0.300. The molecule has 0 saturated carbocycles. The van der Waals surface area contributed by atoms with Gasteiger partial charge in [-0.1, -0.05) is 17.3 Å². The maximum Gasteiger partial charge on any atom is 0.199 e. The van der Waals surface area contributed by atoms with Gasteiger partial charge in [-0.15, -0.1) is 0 Å². The highest BCUT2D eigenvalue weighted by Crippen LogP contribution is 2.30. The molecule has 1 aliphatic rings. The number of fused-ring (bicyclic) bond motifs is 2. The van der Waals surface area contributed by atoms with Crippen LogP contribution in [0.4, 0.5) is 4.39 Å². The summed E-state index contributed by atoms with van der Waals surface area (Å²) in [4.78, 5) is 6.96. The first-order chi connectivity index (χ1) is 12.8. The van der Waals surface area contributed by atoms with Gasteiger partial charge in [0.1, 0.15) is 17.0 Å². The lowest BCUT2D eigenvalue weighted by Gasteiger charge is -2.30. The van der Waals surface area contributed by atoms with Crippen molar-refractivity contribution in [3.8, 4) is 0 Å². The highest BCUT2D eigenvalue weighted by atomic mass is 19.1. The van der Waals surface area contributed by atoms with Crippen molar-refractivity contribution in [2.75, 3.05) is 13.1 Å². The van der Waals surface area contributed by atoms with Gasteiger partial charge in [0, 0.05) is 24.4 Å². The largest absolute Gasteiger partial charge is 0.440 e. The molecule has 3 heterocycles. The van der Waals surface area contributed by atoms with Crippen molar-refractivity contribution in [2.24, 2.45) is 0 Å². The van der Waals surface area contributed by atoms with E-state index in [1.54, 1.807) is 6.07 Å². The maximum atomic E-state index is 13.6. The maximum absolute atomic E-state index is 13.6. The Bertz CT molecular complexity index is 1040. The van der Waals surface area contributed by atoms with E-state index in [-0.39, 0.29) is 11.7 Å². The van der Waals surface area contributed by atoms with Crippen LogP contribution in [0.15, 0.2) is 51.4 Å². The summed E-state index contributed by atoms with van der Waals surface area (Å²) >= 11 is 0. The number of nitrogens with zero attached hydrogens (tertiary/aromatic N) is 3. The van der Waals surface area contributed by atoms with E-state index in [9.17, 15) is 4.39 Å². The lowest BCUT2D eigenvalue weighted by atomic mass is 9.97. The molecule has 0 bridgehead atoms. The van der Waals surface area contributed by atoms with Crippen LogP contribution in [0, 0.1) is 5.82 Å². The second-order valence-corrected chi connectivity index (χ2v) is 6.86. The summed E-state index contributed by atoms with van der Waals surface area (Å²) in [6.45, 7) is 2.45. The summed E-state index contributed by atoms with van der Waals surface area (Å²) in [5.74, 6) is 0.781. The molecular weight excluding hydrogens is 333 g/mol. The summed E-state index contributed by atoms with van der Waals surface area (Å²) < 4.78 is 24.8. The number of hydrogen-bond acceptors (Lipinski definition) is 5. The van der Waals surface area contributed by atoms with E-state index in [2.05, 4.69) is 15.0 Å². The number of rotatable bonds is 3. The fourth-order valence-corrected chi connectivity index (χ4v) is 3.75. The monoisotopic (exact) mass is 351 g/mol. The summed E-state index contributed by atoms with van der Waals surface area (Å²) in [5, 5.41) is 4.89. The number of oxazole rings is 1. The van der Waals surface area contributed by atoms with E-state index >= 15 is 0 Å². The Labute approximate surface area is 149 Å². The average molecular weight is 351 g/mol. The van der Waals surface area contributed by atoms with Gasteiger partial charge in [0.05, 0.1) is 0 Å². The van der Waals surface area contributed by atoms with Crippen LogP contribution in [0.2, 0.25) is 0 Å². The van der Waals surface area contributed by atoms with Gasteiger partial charge < -0.3 is 8.94 Å². The molecule has 5 rings (SSSR count). The predicted octanol–water partition coefficient (Wildman–Crippen LogP) is 4.49. The highest BCUT2D eigenvalue weighted by molar-refractivity contribution is 5.79. The molecule has 0 spiro atoms. The third kappa shape index (κ3) is 2.76. The zero-order valence-corrected chi connectivity index (χ0v) is 14.2. The molecule has 1 aliphatic heterocycles. The number of halogens is 1. The standard InChI is InChI=1S/C20H18FN3O2/c21-14-7-8-18-15(10-14)17(23-26-18)12-24-9-3-4-13(11-24)20-22-16-5-1-2-6-19(16)25-20/h1-2,5-8,10,13H,3-4,9,11-12H2. The smallest absolute Gasteiger partial charge is 0.199 e. The summed E-state index contributed by atoms with van der Waals surface area (Å²) in [7, 11) is 0. The molecule has 5 nitrogen and oxygen atoms in total. The van der Waals surface area contributed by atoms with Gasteiger partial charge in [-0.2, -0.15) is 0 Å². The lowest BCUT2D eigenvalue weighted by Crippen LogP contribution is -2.34. The van der Waals surface area contributed by atoms with Crippen molar-refractivity contribution in [1.82, 2.24) is 15.0 Å². The van der Waals surface area contributed by atoms with Gasteiger partial charge in [-0.05, 0) is 49.7 Å². The van der Waals surface area contributed by atoms with Crippen molar-refractivity contribution in [1.29, 1.82) is 0 Å². The summed E-state index contributed by atoms with van der Waals surface area (Å²) in [6.07, 6.45) is 2.12. The van der Waals surface area contributed by atoms with Gasteiger partial charge >= 0.3 is 0 Å². The van der Waals surface area contributed by atoms with Crippen molar-refractivity contribution in [2.45, 2.75) is 25.3 Å². The second kappa shape index (κ2) is 6.21.